The van der Waals surface area contributed by atoms with Crippen molar-refractivity contribution < 1.29 is 14.7 Å². The molecular weight excluding hydrogens is 272 g/mol. The van der Waals surface area contributed by atoms with Crippen molar-refractivity contribution in [3.8, 4) is 0 Å². The summed E-state index contributed by atoms with van der Waals surface area (Å²) in [6.45, 7) is 7.21. The molecule has 2 saturated heterocycles. The van der Waals surface area contributed by atoms with Crippen molar-refractivity contribution in [1.29, 1.82) is 0 Å². The van der Waals surface area contributed by atoms with E-state index in [2.05, 4.69) is 11.9 Å². The van der Waals surface area contributed by atoms with Gasteiger partial charge in [0, 0.05) is 5.70 Å². The van der Waals surface area contributed by atoms with Crippen LogP contribution in [0.1, 0.15) is 20.3 Å². The topological polar surface area (TPSA) is 69.6 Å². The zero-order chi connectivity index (χ0) is 13.7. The molecule has 2 fully saturated rings. The summed E-state index contributed by atoms with van der Waals surface area (Å²) in [5.41, 5.74) is 0.343. The molecule has 0 aromatic carbocycles. The van der Waals surface area contributed by atoms with Crippen LogP contribution in [0, 0.1) is 0 Å². The van der Waals surface area contributed by atoms with Crippen LogP contribution in [-0.4, -0.2) is 43.0 Å². The minimum absolute atomic E-state index is 0.154. The molecule has 0 aliphatic carbocycles. The summed E-state index contributed by atoms with van der Waals surface area (Å²) >= 11 is 6.28. The van der Waals surface area contributed by atoms with E-state index in [1.54, 1.807) is 6.92 Å². The summed E-state index contributed by atoms with van der Waals surface area (Å²) in [7, 11) is 0. The van der Waals surface area contributed by atoms with Crippen molar-refractivity contribution in [1.82, 2.24) is 10.2 Å². The Morgan fingerprint density at radius 1 is 1.72 bits per heavy atom. The van der Waals surface area contributed by atoms with Crippen LogP contribution in [0.5, 0.6) is 0 Å². The highest BCUT2D eigenvalue weighted by Gasteiger charge is 2.62. The van der Waals surface area contributed by atoms with Gasteiger partial charge in [0.25, 0.3) is 5.91 Å². The van der Waals surface area contributed by atoms with Crippen LogP contribution >= 0.6 is 24.0 Å². The summed E-state index contributed by atoms with van der Waals surface area (Å²) in [4.78, 5) is 25.3. The number of hydrogen-bond acceptors (Lipinski definition) is 4. The molecule has 1 amide bonds. The minimum Gasteiger partial charge on any atom is -0.480 e. The summed E-state index contributed by atoms with van der Waals surface area (Å²) in [6, 6.07) is -0.430. The lowest BCUT2D eigenvalue weighted by molar-refractivity contribution is -0.142. The summed E-state index contributed by atoms with van der Waals surface area (Å²) < 4.78 is -1.13. The number of thioether (sulfide) groups is 1. The lowest BCUT2D eigenvalue weighted by atomic mass is 10.0. The van der Waals surface area contributed by atoms with E-state index in [4.69, 9.17) is 12.2 Å². The van der Waals surface area contributed by atoms with E-state index in [1.165, 1.54) is 16.7 Å². The highest BCUT2D eigenvalue weighted by Crippen LogP contribution is 2.52. The number of amides is 1. The smallest absolute Gasteiger partial charge is 0.325 e. The summed E-state index contributed by atoms with van der Waals surface area (Å²) in [5, 5.41) is 12.0. The normalized spacial score (nSPS) is 34.0. The van der Waals surface area contributed by atoms with Gasteiger partial charge in [0.2, 0.25) is 0 Å². The Hall–Kier alpha value is -1.08. The van der Waals surface area contributed by atoms with E-state index in [0.717, 1.165) is 0 Å². The van der Waals surface area contributed by atoms with Gasteiger partial charge < -0.3 is 10.4 Å². The van der Waals surface area contributed by atoms with E-state index in [-0.39, 0.29) is 11.3 Å². The predicted octanol–water partition coefficient (Wildman–Crippen LogP) is 0.954. The third kappa shape index (κ3) is 1.65. The van der Waals surface area contributed by atoms with Crippen LogP contribution in [0.15, 0.2) is 12.3 Å². The first kappa shape index (κ1) is 13.4. The molecule has 2 aliphatic heterocycles. The molecule has 98 valence electrons. The highest BCUT2D eigenvalue weighted by atomic mass is 32.2. The minimum atomic E-state index is -1.13. The van der Waals surface area contributed by atoms with Crippen molar-refractivity contribution in [3.63, 3.8) is 0 Å². The van der Waals surface area contributed by atoms with Gasteiger partial charge in [-0.15, -0.1) is 11.8 Å². The first-order valence-corrected chi connectivity index (χ1v) is 6.84. The number of rotatable bonds is 3. The number of fused-ring (bicyclic) bond motifs is 1. The molecule has 0 bridgehead atoms. The molecule has 0 aromatic rings. The first-order valence-electron chi connectivity index (χ1n) is 5.56. The lowest BCUT2D eigenvalue weighted by Gasteiger charge is -2.42. The first-order chi connectivity index (χ1) is 8.32. The number of carbonyl (C=O) groups excluding carboxylic acids is 1. The van der Waals surface area contributed by atoms with Crippen LogP contribution in [0.2, 0.25) is 0 Å². The van der Waals surface area contributed by atoms with Crippen LogP contribution < -0.4 is 5.32 Å². The van der Waals surface area contributed by atoms with Crippen LogP contribution in [0.4, 0.5) is 0 Å². The number of aliphatic carboxylic acids is 1. The van der Waals surface area contributed by atoms with Gasteiger partial charge in [-0.3, -0.25) is 14.5 Å². The maximum Gasteiger partial charge on any atom is 0.325 e. The monoisotopic (exact) mass is 286 g/mol. The Balaban J connectivity index is 2.18. The van der Waals surface area contributed by atoms with E-state index >= 15 is 0 Å². The van der Waals surface area contributed by atoms with Gasteiger partial charge in [-0.1, -0.05) is 25.7 Å². The number of carboxylic acid groups (broad SMARTS) is 1. The molecule has 2 unspecified atom stereocenters. The molecule has 18 heavy (non-hydrogen) atoms. The molecule has 0 spiro atoms. The molecule has 5 nitrogen and oxygen atoms in total. The second-order valence-corrected chi connectivity index (χ2v) is 6.43. The van der Waals surface area contributed by atoms with Crippen LogP contribution in [0.25, 0.3) is 0 Å². The fourth-order valence-corrected chi connectivity index (χ4v) is 3.60. The molecule has 2 aliphatic rings. The Kier molecular flexibility index (Phi) is 3.14. The van der Waals surface area contributed by atoms with Gasteiger partial charge >= 0.3 is 5.97 Å². The lowest BCUT2D eigenvalue weighted by Crippen LogP contribution is -2.66. The Morgan fingerprint density at radius 2 is 2.33 bits per heavy atom. The SMILES string of the molecule is C=C1N2C(=O)C(NC(=S)CC)[C@H]2SC1(C)C(=O)O. The second kappa shape index (κ2) is 4.24. The van der Waals surface area contributed by atoms with E-state index in [0.29, 0.717) is 17.1 Å². The van der Waals surface area contributed by atoms with Crippen molar-refractivity contribution >= 4 is 40.8 Å². The maximum absolute atomic E-state index is 12.0. The fourth-order valence-electron chi connectivity index (χ4n) is 1.99. The third-order valence-corrected chi connectivity index (χ3v) is 5.30. The number of hydrogen-bond donors (Lipinski definition) is 2. The number of nitrogens with one attached hydrogen (secondary N) is 1. The molecule has 0 radical (unpaired) electrons. The molecular formula is C11H14N2O3S2. The Labute approximate surface area is 115 Å². The summed E-state index contributed by atoms with van der Waals surface area (Å²) in [6.07, 6.45) is 0.660. The van der Waals surface area contributed by atoms with Crippen LogP contribution in [0.3, 0.4) is 0 Å². The molecule has 3 atom stereocenters. The quantitative estimate of drug-likeness (QED) is 0.595. The molecule has 0 aromatic heterocycles. The van der Waals surface area contributed by atoms with Crippen molar-refractivity contribution in [2.45, 2.75) is 36.4 Å². The van der Waals surface area contributed by atoms with E-state index in [9.17, 15) is 14.7 Å². The number of carbonyl (C=O) groups is 2. The van der Waals surface area contributed by atoms with Crippen molar-refractivity contribution in [2.24, 2.45) is 0 Å². The highest BCUT2D eigenvalue weighted by molar-refractivity contribution is 8.02. The average Bonchev–Trinajstić information content (AvgIpc) is 2.57. The number of carboxylic acids is 1. The predicted molar refractivity (Wildman–Crippen MR) is 73.2 cm³/mol. The standard InChI is InChI=1S/C11H14N2O3S2/c1-4-6(17)12-7-8(14)13-5(2)11(3,10(15)16)18-9(7)13/h7,9H,2,4H2,1,3H3,(H,12,17)(H,15,16)/t7?,9-,11?/m1/s1. The molecule has 2 rings (SSSR count). The van der Waals surface area contributed by atoms with Gasteiger partial charge in [0.1, 0.15) is 11.4 Å². The van der Waals surface area contributed by atoms with E-state index < -0.39 is 16.8 Å². The van der Waals surface area contributed by atoms with Gasteiger partial charge in [-0.25, -0.2) is 0 Å². The number of β-lactam (4-membered cyclic amide) rings is 1. The third-order valence-electron chi connectivity index (χ3n) is 3.29. The molecule has 2 N–H and O–H groups in total. The molecule has 2 heterocycles. The zero-order valence-electron chi connectivity index (χ0n) is 10.1. The fraction of sp³-hybridized carbons (Fsp3) is 0.545. The van der Waals surface area contributed by atoms with Crippen LogP contribution in [-0.2, 0) is 9.59 Å². The number of nitrogens with zero attached hydrogens (tertiary/aromatic N) is 1. The Bertz CT molecular complexity index is 465. The van der Waals surface area contributed by atoms with Gasteiger partial charge in [0.15, 0.2) is 4.75 Å². The zero-order valence-corrected chi connectivity index (χ0v) is 11.7. The van der Waals surface area contributed by atoms with Gasteiger partial charge in [-0.2, -0.15) is 0 Å². The van der Waals surface area contributed by atoms with E-state index in [1.807, 2.05) is 6.92 Å². The molecule has 0 saturated carbocycles. The number of thiocarbonyl (C=S) groups is 1. The van der Waals surface area contributed by atoms with Crippen molar-refractivity contribution in [3.05, 3.63) is 12.3 Å². The average molecular weight is 286 g/mol. The van der Waals surface area contributed by atoms with Gasteiger partial charge in [0.05, 0.1) is 4.99 Å². The maximum atomic E-state index is 12.0. The van der Waals surface area contributed by atoms with Crippen molar-refractivity contribution in [2.75, 3.05) is 0 Å². The van der Waals surface area contributed by atoms with Gasteiger partial charge in [-0.05, 0) is 13.3 Å². The summed E-state index contributed by atoms with van der Waals surface area (Å²) in [5.74, 6) is -1.13. The second-order valence-electron chi connectivity index (χ2n) is 4.40. The Morgan fingerprint density at radius 3 is 2.83 bits per heavy atom. The largest absolute Gasteiger partial charge is 0.480 e. The molecule has 7 heteroatoms.